The first-order valence-electron chi connectivity index (χ1n) is 5.12. The predicted octanol–water partition coefficient (Wildman–Crippen LogP) is 0.859. The third-order valence-electron chi connectivity index (χ3n) is 2.36. The fraction of sp³-hybridized carbons (Fsp3) is 1.00. The zero-order valence-corrected chi connectivity index (χ0v) is 8.81. The summed E-state index contributed by atoms with van der Waals surface area (Å²) in [5.74, 6) is 0. The summed E-state index contributed by atoms with van der Waals surface area (Å²) in [6, 6.07) is -0.166. The van der Waals surface area contributed by atoms with Crippen molar-refractivity contribution in [2.24, 2.45) is 0 Å². The number of likely N-dealkylation sites (N-methyl/N-ethyl adjacent to an activating group) is 1. The van der Waals surface area contributed by atoms with Gasteiger partial charge in [-0.2, -0.15) is 13.2 Å². The SMILES string of the molecule is CCNCC1COCCN1CC(F)(F)F. The highest BCUT2D eigenvalue weighted by atomic mass is 19.4. The lowest BCUT2D eigenvalue weighted by molar-refractivity contribution is -0.161. The van der Waals surface area contributed by atoms with Crippen molar-refractivity contribution in [2.75, 3.05) is 39.4 Å². The Morgan fingerprint density at radius 1 is 1.47 bits per heavy atom. The molecule has 1 saturated heterocycles. The average molecular weight is 226 g/mol. The van der Waals surface area contributed by atoms with Crippen molar-refractivity contribution >= 4 is 0 Å². The molecule has 0 aromatic carbocycles. The van der Waals surface area contributed by atoms with E-state index in [1.807, 2.05) is 6.92 Å². The molecule has 0 aromatic rings. The van der Waals surface area contributed by atoms with E-state index >= 15 is 0 Å². The van der Waals surface area contributed by atoms with Gasteiger partial charge < -0.3 is 10.1 Å². The first-order chi connectivity index (χ1) is 7.03. The first-order valence-corrected chi connectivity index (χ1v) is 5.12. The second-order valence-electron chi connectivity index (χ2n) is 3.62. The van der Waals surface area contributed by atoms with Gasteiger partial charge in [-0.15, -0.1) is 0 Å². The third-order valence-corrected chi connectivity index (χ3v) is 2.36. The maximum absolute atomic E-state index is 12.2. The molecule has 3 nitrogen and oxygen atoms in total. The van der Waals surface area contributed by atoms with Crippen molar-refractivity contribution < 1.29 is 17.9 Å². The Kier molecular flexibility index (Phi) is 4.82. The largest absolute Gasteiger partial charge is 0.401 e. The van der Waals surface area contributed by atoms with E-state index in [-0.39, 0.29) is 6.04 Å². The molecule has 1 unspecified atom stereocenters. The number of morpholine rings is 1. The predicted molar refractivity (Wildman–Crippen MR) is 50.8 cm³/mol. The number of hydrogen-bond donors (Lipinski definition) is 1. The number of ether oxygens (including phenoxy) is 1. The highest BCUT2D eigenvalue weighted by Crippen LogP contribution is 2.19. The fourth-order valence-electron chi connectivity index (χ4n) is 1.63. The summed E-state index contributed by atoms with van der Waals surface area (Å²) in [7, 11) is 0. The summed E-state index contributed by atoms with van der Waals surface area (Å²) < 4.78 is 41.9. The summed E-state index contributed by atoms with van der Waals surface area (Å²) in [6.45, 7) is 3.52. The number of alkyl halides is 3. The quantitative estimate of drug-likeness (QED) is 0.769. The number of halogens is 3. The van der Waals surface area contributed by atoms with Crippen molar-refractivity contribution in [1.82, 2.24) is 10.2 Å². The molecule has 15 heavy (non-hydrogen) atoms. The van der Waals surface area contributed by atoms with Gasteiger partial charge in [0.2, 0.25) is 0 Å². The topological polar surface area (TPSA) is 24.5 Å². The highest BCUT2D eigenvalue weighted by Gasteiger charge is 2.34. The summed E-state index contributed by atoms with van der Waals surface area (Å²) in [5.41, 5.74) is 0. The van der Waals surface area contributed by atoms with Crippen molar-refractivity contribution in [1.29, 1.82) is 0 Å². The Morgan fingerprint density at radius 2 is 2.20 bits per heavy atom. The zero-order chi connectivity index (χ0) is 11.3. The molecule has 1 aliphatic rings. The highest BCUT2D eigenvalue weighted by molar-refractivity contribution is 4.78. The van der Waals surface area contributed by atoms with E-state index in [1.165, 1.54) is 4.90 Å². The lowest BCUT2D eigenvalue weighted by Gasteiger charge is -2.35. The molecule has 1 atom stereocenters. The van der Waals surface area contributed by atoms with Crippen LogP contribution >= 0.6 is 0 Å². The Labute approximate surface area is 87.6 Å². The molecule has 0 aromatic heterocycles. The molecule has 1 N–H and O–H groups in total. The standard InChI is InChI=1S/C9H17F3N2O/c1-2-13-5-8-6-15-4-3-14(8)7-9(10,11)12/h8,13H,2-7H2,1H3. The van der Waals surface area contributed by atoms with Gasteiger partial charge in [0.05, 0.1) is 19.8 Å². The number of rotatable bonds is 4. The molecular formula is C9H17F3N2O. The van der Waals surface area contributed by atoms with Crippen molar-refractivity contribution in [3.63, 3.8) is 0 Å². The van der Waals surface area contributed by atoms with E-state index in [1.54, 1.807) is 0 Å². The number of nitrogens with one attached hydrogen (secondary N) is 1. The monoisotopic (exact) mass is 226 g/mol. The van der Waals surface area contributed by atoms with Gasteiger partial charge >= 0.3 is 6.18 Å². The Balaban J connectivity index is 2.42. The van der Waals surface area contributed by atoms with Gasteiger partial charge in [-0.1, -0.05) is 6.92 Å². The molecule has 0 bridgehead atoms. The maximum atomic E-state index is 12.2. The molecule has 0 amide bonds. The Hall–Kier alpha value is -0.330. The van der Waals surface area contributed by atoms with Crippen LogP contribution in [0.5, 0.6) is 0 Å². The van der Waals surface area contributed by atoms with Crippen LogP contribution < -0.4 is 5.32 Å². The molecule has 1 fully saturated rings. The van der Waals surface area contributed by atoms with E-state index in [4.69, 9.17) is 4.74 Å². The minimum atomic E-state index is -4.12. The van der Waals surface area contributed by atoms with Crippen LogP contribution in [0.15, 0.2) is 0 Å². The van der Waals surface area contributed by atoms with Crippen LogP contribution in [0.4, 0.5) is 13.2 Å². The van der Waals surface area contributed by atoms with Crippen LogP contribution in [0, 0.1) is 0 Å². The minimum Gasteiger partial charge on any atom is -0.378 e. The molecule has 1 heterocycles. The minimum absolute atomic E-state index is 0.166. The van der Waals surface area contributed by atoms with Crippen molar-refractivity contribution in [3.05, 3.63) is 0 Å². The molecule has 0 saturated carbocycles. The fourth-order valence-corrected chi connectivity index (χ4v) is 1.63. The van der Waals surface area contributed by atoms with Crippen LogP contribution in [-0.4, -0.2) is 56.5 Å². The van der Waals surface area contributed by atoms with E-state index in [0.29, 0.717) is 26.3 Å². The summed E-state index contributed by atoms with van der Waals surface area (Å²) in [5, 5.41) is 3.04. The molecule has 90 valence electrons. The van der Waals surface area contributed by atoms with E-state index in [9.17, 15) is 13.2 Å². The summed E-state index contributed by atoms with van der Waals surface area (Å²) in [6.07, 6.45) is -4.12. The molecule has 0 radical (unpaired) electrons. The van der Waals surface area contributed by atoms with Gasteiger partial charge in [0, 0.05) is 19.1 Å². The van der Waals surface area contributed by atoms with Crippen LogP contribution in [0.3, 0.4) is 0 Å². The molecule has 0 aliphatic carbocycles. The second-order valence-corrected chi connectivity index (χ2v) is 3.62. The number of nitrogens with zero attached hydrogens (tertiary/aromatic N) is 1. The third kappa shape index (κ3) is 4.81. The lowest BCUT2D eigenvalue weighted by Crippen LogP contribution is -2.53. The first kappa shape index (κ1) is 12.7. The van der Waals surface area contributed by atoms with Gasteiger partial charge in [-0.25, -0.2) is 0 Å². The summed E-state index contributed by atoms with van der Waals surface area (Å²) >= 11 is 0. The molecular weight excluding hydrogens is 209 g/mol. The van der Waals surface area contributed by atoms with E-state index < -0.39 is 12.7 Å². The van der Waals surface area contributed by atoms with Gasteiger partial charge in [0.15, 0.2) is 0 Å². The van der Waals surface area contributed by atoms with E-state index in [2.05, 4.69) is 5.32 Å². The van der Waals surface area contributed by atoms with E-state index in [0.717, 1.165) is 6.54 Å². The van der Waals surface area contributed by atoms with Crippen LogP contribution in [0.2, 0.25) is 0 Å². The zero-order valence-electron chi connectivity index (χ0n) is 8.81. The van der Waals surface area contributed by atoms with Crippen LogP contribution in [-0.2, 0) is 4.74 Å². The van der Waals surface area contributed by atoms with Crippen LogP contribution in [0.25, 0.3) is 0 Å². The van der Waals surface area contributed by atoms with Crippen molar-refractivity contribution in [2.45, 2.75) is 19.1 Å². The molecule has 1 rings (SSSR count). The van der Waals surface area contributed by atoms with Gasteiger partial charge in [-0.05, 0) is 6.54 Å². The molecule has 6 heteroatoms. The van der Waals surface area contributed by atoms with Crippen molar-refractivity contribution in [3.8, 4) is 0 Å². The number of hydrogen-bond acceptors (Lipinski definition) is 3. The lowest BCUT2D eigenvalue weighted by atomic mass is 10.2. The maximum Gasteiger partial charge on any atom is 0.401 e. The average Bonchev–Trinajstić information content (AvgIpc) is 2.14. The van der Waals surface area contributed by atoms with Gasteiger partial charge in [-0.3, -0.25) is 4.90 Å². The molecule has 0 spiro atoms. The van der Waals surface area contributed by atoms with Gasteiger partial charge in [0.25, 0.3) is 0 Å². The smallest absolute Gasteiger partial charge is 0.378 e. The Bertz CT molecular complexity index is 187. The summed E-state index contributed by atoms with van der Waals surface area (Å²) in [4.78, 5) is 1.44. The Morgan fingerprint density at radius 3 is 2.80 bits per heavy atom. The van der Waals surface area contributed by atoms with Gasteiger partial charge in [0.1, 0.15) is 0 Å². The van der Waals surface area contributed by atoms with Crippen LogP contribution in [0.1, 0.15) is 6.92 Å². The second kappa shape index (κ2) is 5.67. The molecule has 1 aliphatic heterocycles. The normalized spacial score (nSPS) is 24.4.